The molecule has 3 nitrogen and oxygen atoms in total. The van der Waals surface area contributed by atoms with Gasteiger partial charge in [-0.3, -0.25) is 0 Å². The molecule has 11 heavy (non-hydrogen) atoms. The molecule has 0 aliphatic heterocycles. The van der Waals surface area contributed by atoms with Crippen molar-refractivity contribution in [2.45, 2.75) is 26.4 Å². The van der Waals surface area contributed by atoms with Crippen LogP contribution in [0.2, 0.25) is 0 Å². The molecule has 0 aliphatic carbocycles. The second-order valence-electron chi connectivity index (χ2n) is 3.49. The van der Waals surface area contributed by atoms with E-state index in [9.17, 15) is 4.79 Å². The van der Waals surface area contributed by atoms with Gasteiger partial charge in [0.1, 0.15) is 5.60 Å². The van der Waals surface area contributed by atoms with Crippen molar-refractivity contribution in [3.8, 4) is 0 Å². The molecule has 0 bridgehead atoms. The third kappa shape index (κ3) is 4.84. The van der Waals surface area contributed by atoms with Crippen LogP contribution < -0.4 is 0 Å². The van der Waals surface area contributed by atoms with Crippen LogP contribution in [-0.4, -0.2) is 40.1 Å². The van der Waals surface area contributed by atoms with Crippen molar-refractivity contribution in [2.75, 3.05) is 13.2 Å². The Labute approximate surface area is 71.1 Å². The van der Waals surface area contributed by atoms with Gasteiger partial charge in [0, 0.05) is 23.5 Å². The third-order valence-corrected chi connectivity index (χ3v) is 2.13. The molecule has 0 aromatic heterocycles. The number of amides is 1. The molecule has 0 rings (SSSR count). The molecule has 0 atom stereocenters. The predicted molar refractivity (Wildman–Crippen MR) is 48.8 cm³/mol. The highest BCUT2D eigenvalue weighted by molar-refractivity contribution is 6.09. The van der Waals surface area contributed by atoms with Crippen molar-refractivity contribution in [3.05, 3.63) is 0 Å². The molecule has 0 spiro atoms. The molecule has 4 heteroatoms. The highest BCUT2D eigenvalue weighted by Crippen LogP contribution is 2.08. The minimum Gasteiger partial charge on any atom is -0.444 e. The minimum absolute atomic E-state index is 0.229. The zero-order valence-electron chi connectivity index (χ0n) is 7.97. The predicted octanol–water partition coefficient (Wildman–Crippen LogP) is 0.176. The number of ether oxygens (including phenoxy) is 1. The number of hydrogen-bond acceptors (Lipinski definition) is 2. The molecule has 0 saturated carbocycles. The molecule has 0 aliphatic rings. The third-order valence-electron chi connectivity index (χ3n) is 1.18. The minimum atomic E-state index is -0.373. The van der Waals surface area contributed by atoms with Gasteiger partial charge < -0.3 is 9.64 Å². The molecular formula is C7H17NO2Si. The summed E-state index contributed by atoms with van der Waals surface area (Å²) in [7, 11) is 2.74. The summed E-state index contributed by atoms with van der Waals surface area (Å²) in [6, 6.07) is 0. The maximum Gasteiger partial charge on any atom is 0.409 e. The quantitative estimate of drug-likeness (QED) is 0.532. The monoisotopic (exact) mass is 175 g/mol. The van der Waals surface area contributed by atoms with E-state index in [0.717, 1.165) is 16.4 Å². The summed E-state index contributed by atoms with van der Waals surface area (Å²) in [6.45, 7) is 5.60. The normalized spacial score (nSPS) is 11.3. The van der Waals surface area contributed by atoms with Crippen molar-refractivity contribution in [1.82, 2.24) is 4.90 Å². The first-order valence-electron chi connectivity index (χ1n) is 3.81. The second-order valence-corrected chi connectivity index (χ2v) is 4.13. The SMILES string of the molecule is CN(C[SiH3])C(=O)OC(C)(C)C. The molecule has 0 fully saturated rings. The summed E-state index contributed by atoms with van der Waals surface area (Å²) in [5.41, 5.74) is -0.373. The fourth-order valence-corrected chi connectivity index (χ4v) is 0.727. The zero-order valence-corrected chi connectivity index (χ0v) is 9.97. The summed E-state index contributed by atoms with van der Waals surface area (Å²) in [6.07, 6.45) is 0.585. The summed E-state index contributed by atoms with van der Waals surface area (Å²) < 4.78 is 5.10. The molecule has 0 N–H and O–H groups in total. The molecule has 0 aromatic carbocycles. The van der Waals surface area contributed by atoms with Crippen molar-refractivity contribution >= 4 is 16.3 Å². The molecule has 0 saturated heterocycles. The van der Waals surface area contributed by atoms with Crippen molar-refractivity contribution in [2.24, 2.45) is 0 Å². The molecule has 1 amide bonds. The van der Waals surface area contributed by atoms with Crippen LogP contribution in [0, 0.1) is 0 Å². The van der Waals surface area contributed by atoms with Crippen molar-refractivity contribution in [1.29, 1.82) is 0 Å². The van der Waals surface area contributed by atoms with Crippen LogP contribution in [0.1, 0.15) is 20.8 Å². The average molecular weight is 175 g/mol. The van der Waals surface area contributed by atoms with Gasteiger partial charge >= 0.3 is 6.09 Å². The van der Waals surface area contributed by atoms with Crippen molar-refractivity contribution < 1.29 is 9.53 Å². The van der Waals surface area contributed by atoms with Gasteiger partial charge in [0.25, 0.3) is 0 Å². The lowest BCUT2D eigenvalue weighted by molar-refractivity contribution is 0.0328. The van der Waals surface area contributed by atoms with E-state index in [4.69, 9.17) is 4.74 Å². The van der Waals surface area contributed by atoms with Crippen LogP contribution in [0.4, 0.5) is 4.79 Å². The van der Waals surface area contributed by atoms with Crippen LogP contribution in [-0.2, 0) is 4.74 Å². The van der Waals surface area contributed by atoms with E-state index < -0.39 is 0 Å². The standard InChI is InChI=1S/C7H17NO2Si/c1-7(2,3)10-6(9)8(4)5-11/h5H2,1-4,11H3. The fourth-order valence-electron chi connectivity index (χ4n) is 0.469. The summed E-state index contributed by atoms with van der Waals surface area (Å²) in [5, 5.41) is 0. The number of nitrogens with zero attached hydrogens (tertiary/aromatic N) is 1. The molecule has 0 radical (unpaired) electrons. The maximum atomic E-state index is 11.1. The number of rotatable bonds is 1. The van der Waals surface area contributed by atoms with Crippen LogP contribution >= 0.6 is 0 Å². The lowest BCUT2D eigenvalue weighted by Gasteiger charge is -2.23. The summed E-state index contributed by atoms with van der Waals surface area (Å²) in [5.74, 6) is 0. The summed E-state index contributed by atoms with van der Waals surface area (Å²) >= 11 is 0. The highest BCUT2D eigenvalue weighted by atomic mass is 28.1. The number of hydrogen-bond donors (Lipinski definition) is 0. The van der Waals surface area contributed by atoms with Crippen LogP contribution in [0.25, 0.3) is 0 Å². The number of carbonyl (C=O) groups excluding carboxylic acids is 1. The van der Waals surface area contributed by atoms with E-state index in [1.807, 2.05) is 20.8 Å². The van der Waals surface area contributed by atoms with Crippen LogP contribution in [0.5, 0.6) is 0 Å². The Balaban J connectivity index is 3.88. The van der Waals surface area contributed by atoms with E-state index in [1.54, 1.807) is 11.9 Å². The first kappa shape index (κ1) is 10.5. The van der Waals surface area contributed by atoms with Gasteiger partial charge in [-0.25, -0.2) is 4.79 Å². The Morgan fingerprint density at radius 2 is 2.00 bits per heavy atom. The molecule has 66 valence electrons. The molecule has 0 heterocycles. The number of carbonyl (C=O) groups is 1. The lowest BCUT2D eigenvalue weighted by atomic mass is 10.2. The van der Waals surface area contributed by atoms with Gasteiger partial charge in [0.2, 0.25) is 0 Å². The van der Waals surface area contributed by atoms with Gasteiger partial charge in [-0.05, 0) is 20.8 Å². The Morgan fingerprint density at radius 3 is 2.27 bits per heavy atom. The van der Waals surface area contributed by atoms with Crippen LogP contribution in [0.15, 0.2) is 0 Å². The lowest BCUT2D eigenvalue weighted by Crippen LogP contribution is -2.34. The van der Waals surface area contributed by atoms with Crippen molar-refractivity contribution in [3.63, 3.8) is 0 Å². The van der Waals surface area contributed by atoms with Gasteiger partial charge in [-0.2, -0.15) is 0 Å². The van der Waals surface area contributed by atoms with E-state index in [2.05, 4.69) is 0 Å². The van der Waals surface area contributed by atoms with Crippen LogP contribution in [0.3, 0.4) is 0 Å². The van der Waals surface area contributed by atoms with E-state index >= 15 is 0 Å². The van der Waals surface area contributed by atoms with E-state index in [0.29, 0.717) is 0 Å². The maximum absolute atomic E-state index is 11.1. The van der Waals surface area contributed by atoms with Gasteiger partial charge in [0.15, 0.2) is 0 Å². The Kier molecular flexibility index (Phi) is 3.58. The van der Waals surface area contributed by atoms with E-state index in [-0.39, 0.29) is 11.7 Å². The Bertz CT molecular complexity index is 142. The van der Waals surface area contributed by atoms with Gasteiger partial charge in [0.05, 0.1) is 0 Å². The Hall–Kier alpha value is -0.513. The first-order chi connectivity index (χ1) is 4.87. The fraction of sp³-hybridized carbons (Fsp3) is 0.857. The molecule has 0 aromatic rings. The van der Waals surface area contributed by atoms with E-state index in [1.165, 1.54) is 0 Å². The Morgan fingerprint density at radius 1 is 1.55 bits per heavy atom. The first-order valence-corrected chi connectivity index (χ1v) is 5.22. The second kappa shape index (κ2) is 3.76. The average Bonchev–Trinajstić information content (AvgIpc) is 1.82. The smallest absolute Gasteiger partial charge is 0.409 e. The topological polar surface area (TPSA) is 29.5 Å². The zero-order chi connectivity index (χ0) is 9.07. The molecular weight excluding hydrogens is 158 g/mol. The highest BCUT2D eigenvalue weighted by Gasteiger charge is 2.17. The summed E-state index contributed by atoms with van der Waals surface area (Å²) in [4.78, 5) is 12.7. The molecule has 0 unspecified atom stereocenters. The van der Waals surface area contributed by atoms with Gasteiger partial charge in [-0.15, -0.1) is 0 Å². The largest absolute Gasteiger partial charge is 0.444 e. The van der Waals surface area contributed by atoms with Gasteiger partial charge in [-0.1, -0.05) is 0 Å².